The normalized spacial score (nSPS) is 11.4. The van der Waals surface area contributed by atoms with Crippen molar-refractivity contribution in [1.82, 2.24) is 0 Å². The van der Waals surface area contributed by atoms with Crippen LogP contribution in [0.5, 0.6) is 5.75 Å². The van der Waals surface area contributed by atoms with E-state index in [2.05, 4.69) is 0 Å². The number of anilines is 1. The van der Waals surface area contributed by atoms with E-state index in [0.717, 1.165) is 22.9 Å². The molecule has 0 spiro atoms. The smallest absolute Gasteiger partial charge is 0.325 e. The molecule has 0 heterocycles. The minimum absolute atomic E-state index is 0.0491. The SMILES string of the molecule is COC(=O)CN(C(=O)[C@@H](CCc1ccccc1)CSC(C)=O)c1ccc(OCc2ccccc2)cc1. The van der Waals surface area contributed by atoms with Crippen LogP contribution in [0.2, 0.25) is 0 Å². The number of amides is 1. The Morgan fingerprint density at radius 3 is 2.06 bits per heavy atom. The third kappa shape index (κ3) is 8.57. The Hall–Kier alpha value is -3.58. The number of hydrogen-bond donors (Lipinski definition) is 0. The van der Waals surface area contributed by atoms with Crippen LogP contribution in [0.3, 0.4) is 0 Å². The van der Waals surface area contributed by atoms with Gasteiger partial charge in [-0.2, -0.15) is 0 Å². The van der Waals surface area contributed by atoms with Gasteiger partial charge in [0, 0.05) is 24.3 Å². The predicted octanol–water partition coefficient (Wildman–Crippen LogP) is 5.30. The summed E-state index contributed by atoms with van der Waals surface area (Å²) in [6, 6.07) is 26.8. The number of methoxy groups -OCH3 is 1. The van der Waals surface area contributed by atoms with Crippen LogP contribution in [-0.4, -0.2) is 36.4 Å². The Kier molecular flexibility index (Phi) is 10.6. The van der Waals surface area contributed by atoms with E-state index in [4.69, 9.17) is 9.47 Å². The highest BCUT2D eigenvalue weighted by Crippen LogP contribution is 2.25. The minimum atomic E-state index is -0.520. The largest absolute Gasteiger partial charge is 0.489 e. The van der Waals surface area contributed by atoms with E-state index >= 15 is 0 Å². The molecule has 3 aromatic carbocycles. The highest BCUT2D eigenvalue weighted by Gasteiger charge is 2.28. The maximum absolute atomic E-state index is 13.7. The summed E-state index contributed by atoms with van der Waals surface area (Å²) in [6.45, 7) is 1.70. The molecular weight excluding hydrogens is 474 g/mol. The lowest BCUT2D eigenvalue weighted by molar-refractivity contribution is -0.140. The molecule has 0 radical (unpaired) electrons. The van der Waals surface area contributed by atoms with Crippen LogP contribution in [0.4, 0.5) is 5.69 Å². The van der Waals surface area contributed by atoms with E-state index in [0.29, 0.717) is 36.6 Å². The van der Waals surface area contributed by atoms with Crippen molar-refractivity contribution >= 4 is 34.4 Å². The van der Waals surface area contributed by atoms with Crippen LogP contribution >= 0.6 is 11.8 Å². The van der Waals surface area contributed by atoms with Crippen molar-refractivity contribution in [3.63, 3.8) is 0 Å². The summed E-state index contributed by atoms with van der Waals surface area (Å²) in [4.78, 5) is 39.0. The molecule has 188 valence electrons. The first kappa shape index (κ1) is 27.0. The molecule has 0 aliphatic carbocycles. The Labute approximate surface area is 216 Å². The number of hydrogen-bond acceptors (Lipinski definition) is 6. The fourth-order valence-corrected chi connectivity index (χ4v) is 4.40. The van der Waals surface area contributed by atoms with E-state index in [1.807, 2.05) is 60.7 Å². The van der Waals surface area contributed by atoms with Gasteiger partial charge in [0.15, 0.2) is 5.12 Å². The summed E-state index contributed by atoms with van der Waals surface area (Å²) in [7, 11) is 1.30. The average Bonchev–Trinajstić information content (AvgIpc) is 2.91. The molecule has 0 N–H and O–H groups in total. The highest BCUT2D eigenvalue weighted by atomic mass is 32.2. The van der Waals surface area contributed by atoms with Crippen molar-refractivity contribution in [2.45, 2.75) is 26.4 Å². The maximum Gasteiger partial charge on any atom is 0.325 e. The van der Waals surface area contributed by atoms with Gasteiger partial charge < -0.3 is 14.4 Å². The van der Waals surface area contributed by atoms with E-state index in [1.165, 1.54) is 18.9 Å². The fourth-order valence-electron chi connectivity index (χ4n) is 3.66. The minimum Gasteiger partial charge on any atom is -0.489 e. The average molecular weight is 506 g/mol. The molecule has 3 aromatic rings. The third-order valence-corrected chi connectivity index (χ3v) is 6.61. The molecule has 0 fully saturated rings. The molecule has 0 unspecified atom stereocenters. The standard InChI is InChI=1S/C29H31NO5S/c1-22(31)36-21-25(14-13-23-9-5-3-6-10-23)29(33)30(19-28(32)34-2)26-15-17-27(18-16-26)35-20-24-11-7-4-8-12-24/h3-12,15-18,25H,13-14,19-21H2,1-2H3/t25-/m0/s1. The molecule has 0 aromatic heterocycles. The molecule has 36 heavy (non-hydrogen) atoms. The number of carbonyl (C=O) groups excluding carboxylic acids is 3. The number of ether oxygens (including phenoxy) is 2. The first-order valence-corrected chi connectivity index (χ1v) is 12.8. The van der Waals surface area contributed by atoms with Gasteiger partial charge in [-0.25, -0.2) is 0 Å². The molecule has 0 saturated heterocycles. The molecule has 3 rings (SSSR count). The zero-order chi connectivity index (χ0) is 25.8. The molecule has 1 atom stereocenters. The number of carbonyl (C=O) groups is 3. The summed E-state index contributed by atoms with van der Waals surface area (Å²) in [5, 5.41) is -0.0491. The summed E-state index contributed by atoms with van der Waals surface area (Å²) in [5.41, 5.74) is 2.73. The van der Waals surface area contributed by atoms with Crippen LogP contribution in [0.25, 0.3) is 0 Å². The van der Waals surface area contributed by atoms with Crippen molar-refractivity contribution in [1.29, 1.82) is 0 Å². The van der Waals surface area contributed by atoms with Crippen molar-refractivity contribution < 1.29 is 23.9 Å². The van der Waals surface area contributed by atoms with Crippen molar-refractivity contribution in [2.24, 2.45) is 5.92 Å². The molecule has 7 heteroatoms. The van der Waals surface area contributed by atoms with Gasteiger partial charge in [0.1, 0.15) is 18.9 Å². The van der Waals surface area contributed by atoms with Gasteiger partial charge in [0.05, 0.1) is 7.11 Å². The van der Waals surface area contributed by atoms with Crippen LogP contribution in [0.15, 0.2) is 84.9 Å². The van der Waals surface area contributed by atoms with Crippen LogP contribution in [-0.2, 0) is 32.1 Å². The molecule has 0 aliphatic heterocycles. The van der Waals surface area contributed by atoms with Crippen molar-refractivity contribution in [3.8, 4) is 5.75 Å². The van der Waals surface area contributed by atoms with E-state index in [-0.39, 0.29) is 17.6 Å². The van der Waals surface area contributed by atoms with Crippen LogP contribution in [0.1, 0.15) is 24.5 Å². The quantitative estimate of drug-likeness (QED) is 0.311. The second kappa shape index (κ2) is 14.1. The maximum atomic E-state index is 13.7. The van der Waals surface area contributed by atoms with E-state index in [1.54, 1.807) is 24.3 Å². The van der Waals surface area contributed by atoms with E-state index in [9.17, 15) is 14.4 Å². The zero-order valence-electron chi connectivity index (χ0n) is 20.6. The van der Waals surface area contributed by atoms with Gasteiger partial charge in [-0.05, 0) is 48.2 Å². The lowest BCUT2D eigenvalue weighted by Crippen LogP contribution is -2.41. The van der Waals surface area contributed by atoms with Gasteiger partial charge in [-0.15, -0.1) is 0 Å². The summed E-state index contributed by atoms with van der Waals surface area (Å²) < 4.78 is 10.7. The summed E-state index contributed by atoms with van der Waals surface area (Å²) in [6.07, 6.45) is 1.24. The third-order valence-electron chi connectivity index (χ3n) is 5.64. The number of esters is 1. The second-order valence-electron chi connectivity index (χ2n) is 8.29. The Morgan fingerprint density at radius 2 is 1.47 bits per heavy atom. The van der Waals surface area contributed by atoms with Gasteiger partial charge in [0.25, 0.3) is 0 Å². The number of benzene rings is 3. The molecule has 0 bridgehead atoms. The molecule has 0 aliphatic rings. The number of thioether (sulfide) groups is 1. The molecular formula is C29H31NO5S. The lowest BCUT2D eigenvalue weighted by Gasteiger charge is -2.27. The van der Waals surface area contributed by atoms with Crippen molar-refractivity contribution in [2.75, 3.05) is 24.3 Å². The van der Waals surface area contributed by atoms with Crippen molar-refractivity contribution in [3.05, 3.63) is 96.1 Å². The Balaban J connectivity index is 1.76. The predicted molar refractivity (Wildman–Crippen MR) is 143 cm³/mol. The van der Waals surface area contributed by atoms with Crippen LogP contribution in [0, 0.1) is 5.92 Å². The molecule has 0 saturated carbocycles. The van der Waals surface area contributed by atoms with Gasteiger partial charge in [0.2, 0.25) is 5.91 Å². The highest BCUT2D eigenvalue weighted by molar-refractivity contribution is 8.13. The summed E-state index contributed by atoms with van der Waals surface area (Å²) in [5.74, 6) is -0.188. The van der Waals surface area contributed by atoms with Gasteiger partial charge in [-0.1, -0.05) is 72.4 Å². The Bertz CT molecular complexity index is 1120. The van der Waals surface area contributed by atoms with E-state index < -0.39 is 11.9 Å². The number of rotatable bonds is 12. The fraction of sp³-hybridized carbons (Fsp3) is 0.276. The number of nitrogens with zero attached hydrogens (tertiary/aromatic N) is 1. The summed E-state index contributed by atoms with van der Waals surface area (Å²) >= 11 is 1.12. The first-order chi connectivity index (χ1) is 17.5. The molecule has 1 amide bonds. The monoisotopic (exact) mass is 505 g/mol. The van der Waals surface area contributed by atoms with Gasteiger partial charge in [-0.3, -0.25) is 14.4 Å². The van der Waals surface area contributed by atoms with Gasteiger partial charge >= 0.3 is 5.97 Å². The first-order valence-electron chi connectivity index (χ1n) is 11.8. The topological polar surface area (TPSA) is 72.9 Å². The Morgan fingerprint density at radius 1 is 0.861 bits per heavy atom. The second-order valence-corrected chi connectivity index (χ2v) is 9.49. The lowest BCUT2D eigenvalue weighted by atomic mass is 9.99. The van der Waals surface area contributed by atoms with Crippen LogP contribution < -0.4 is 9.64 Å². The zero-order valence-corrected chi connectivity index (χ0v) is 21.4. The number of aryl methyl sites for hydroxylation is 1. The molecule has 6 nitrogen and oxygen atoms in total.